The van der Waals surface area contributed by atoms with E-state index in [1.807, 2.05) is 0 Å². The van der Waals surface area contributed by atoms with Gasteiger partial charge in [0.15, 0.2) is 11.5 Å². The fourth-order valence-electron chi connectivity index (χ4n) is 3.11. The number of hydrogen-bond donors (Lipinski definition) is 2. The molecule has 0 aliphatic rings. The molecule has 0 unspecified atom stereocenters. The maximum Gasteiger partial charge on any atom is 0.273 e. The molecule has 3 aromatic rings. The lowest BCUT2D eigenvalue weighted by molar-refractivity contribution is 0.0956. The van der Waals surface area contributed by atoms with Gasteiger partial charge in [0.1, 0.15) is 11.5 Å². The molecule has 0 fully saturated rings. The quantitative estimate of drug-likeness (QED) is 0.305. The molecule has 0 aliphatic heterocycles. The van der Waals surface area contributed by atoms with E-state index in [2.05, 4.69) is 31.8 Å². The molecule has 0 aliphatic carbocycles. The summed E-state index contributed by atoms with van der Waals surface area (Å²) in [5, 5.41) is 6.78. The van der Waals surface area contributed by atoms with Crippen LogP contribution in [-0.4, -0.2) is 46.5 Å². The van der Waals surface area contributed by atoms with E-state index >= 15 is 0 Å². The number of methoxy groups -OCH3 is 4. The molecule has 0 saturated heterocycles. The molecule has 3 aromatic carbocycles. The van der Waals surface area contributed by atoms with Crippen molar-refractivity contribution in [3.8, 4) is 23.0 Å². The molecule has 2 N–H and O–H groups in total. The first-order valence-electron chi connectivity index (χ1n) is 10.3. The van der Waals surface area contributed by atoms with Crippen LogP contribution in [-0.2, 0) is 0 Å². The number of carbonyl (C=O) groups excluding carboxylic acids is 2. The minimum Gasteiger partial charge on any atom is -0.497 e. The molecule has 0 spiro atoms. The van der Waals surface area contributed by atoms with Crippen molar-refractivity contribution >= 4 is 39.6 Å². The molecular weight excluding hydrogens is 518 g/mol. The van der Waals surface area contributed by atoms with Crippen molar-refractivity contribution in [2.75, 3.05) is 33.8 Å². The average Bonchev–Trinajstić information content (AvgIpc) is 2.88. The summed E-state index contributed by atoms with van der Waals surface area (Å²) in [6.45, 7) is 0. The molecule has 0 bridgehead atoms. The van der Waals surface area contributed by atoms with Crippen LogP contribution < -0.4 is 29.7 Å². The Kier molecular flexibility index (Phi) is 8.69. The minimum absolute atomic E-state index is 0.215. The number of hydrazone groups is 1. The number of benzene rings is 3. The van der Waals surface area contributed by atoms with Crippen LogP contribution in [0.4, 0.5) is 5.69 Å². The number of halogens is 1. The highest BCUT2D eigenvalue weighted by Crippen LogP contribution is 2.27. The SMILES string of the molecule is COc1cc(OC)cc(C(=O)Nc2ccc(Br)cc2C(=O)N/N=C/c2ccc(OC)c(OC)c2)c1. The highest BCUT2D eigenvalue weighted by atomic mass is 79.9. The fraction of sp³-hybridized carbons (Fsp3) is 0.160. The van der Waals surface area contributed by atoms with Gasteiger partial charge in [-0.3, -0.25) is 9.59 Å². The molecule has 9 nitrogen and oxygen atoms in total. The highest BCUT2D eigenvalue weighted by molar-refractivity contribution is 9.10. The van der Waals surface area contributed by atoms with E-state index in [9.17, 15) is 9.59 Å². The van der Waals surface area contributed by atoms with E-state index in [0.717, 1.165) is 0 Å². The number of nitrogens with one attached hydrogen (secondary N) is 2. The maximum absolute atomic E-state index is 12.9. The number of rotatable bonds is 9. The predicted molar refractivity (Wildman–Crippen MR) is 136 cm³/mol. The van der Waals surface area contributed by atoms with Gasteiger partial charge >= 0.3 is 0 Å². The van der Waals surface area contributed by atoms with Crippen LogP contribution in [0.2, 0.25) is 0 Å². The summed E-state index contributed by atoms with van der Waals surface area (Å²) in [6, 6.07) is 14.9. The maximum atomic E-state index is 12.9. The van der Waals surface area contributed by atoms with Gasteiger partial charge in [-0.1, -0.05) is 15.9 Å². The summed E-state index contributed by atoms with van der Waals surface area (Å²) in [5.41, 5.74) is 4.00. The lowest BCUT2D eigenvalue weighted by Crippen LogP contribution is -2.21. The van der Waals surface area contributed by atoms with E-state index in [4.69, 9.17) is 18.9 Å². The predicted octanol–water partition coefficient (Wildman–Crippen LogP) is 4.50. The van der Waals surface area contributed by atoms with Gasteiger partial charge in [-0.2, -0.15) is 5.10 Å². The number of anilines is 1. The van der Waals surface area contributed by atoms with Crippen LogP contribution in [0.1, 0.15) is 26.3 Å². The fourth-order valence-corrected chi connectivity index (χ4v) is 3.47. The van der Waals surface area contributed by atoms with Crippen LogP contribution in [0.15, 0.2) is 64.2 Å². The van der Waals surface area contributed by atoms with E-state index in [-0.39, 0.29) is 5.56 Å². The standard InChI is InChI=1S/C25H24BrN3O6/c1-32-18-10-16(11-19(13-18)33-2)24(30)28-21-7-6-17(26)12-20(21)25(31)29-27-14-15-5-8-22(34-3)23(9-15)35-4/h5-14H,1-4H3,(H,28,30)(H,29,31)/b27-14+. The summed E-state index contributed by atoms with van der Waals surface area (Å²) >= 11 is 3.36. The Morgan fingerprint density at radius 2 is 1.49 bits per heavy atom. The van der Waals surface area contributed by atoms with Gasteiger partial charge in [0.25, 0.3) is 11.8 Å². The Morgan fingerprint density at radius 3 is 2.11 bits per heavy atom. The Hall–Kier alpha value is -4.05. The van der Waals surface area contributed by atoms with Gasteiger partial charge in [-0.25, -0.2) is 5.43 Å². The van der Waals surface area contributed by atoms with Crippen LogP contribution in [0.5, 0.6) is 23.0 Å². The molecule has 0 aromatic heterocycles. The monoisotopic (exact) mass is 541 g/mol. The Morgan fingerprint density at radius 1 is 0.800 bits per heavy atom. The van der Waals surface area contributed by atoms with E-state index in [1.54, 1.807) is 61.7 Å². The second-order valence-corrected chi connectivity index (χ2v) is 7.97. The molecule has 0 atom stereocenters. The Balaban J connectivity index is 1.79. The van der Waals surface area contributed by atoms with Gasteiger partial charge < -0.3 is 24.3 Å². The van der Waals surface area contributed by atoms with Crippen LogP contribution in [0.25, 0.3) is 0 Å². The zero-order valence-electron chi connectivity index (χ0n) is 19.5. The number of hydrogen-bond acceptors (Lipinski definition) is 7. The zero-order chi connectivity index (χ0) is 25.4. The first kappa shape index (κ1) is 25.6. The van der Waals surface area contributed by atoms with Gasteiger partial charge in [0.2, 0.25) is 0 Å². The molecule has 0 radical (unpaired) electrons. The zero-order valence-corrected chi connectivity index (χ0v) is 21.1. The van der Waals surface area contributed by atoms with Gasteiger partial charge in [-0.05, 0) is 54.1 Å². The molecule has 2 amide bonds. The topological polar surface area (TPSA) is 107 Å². The van der Waals surface area contributed by atoms with Crippen LogP contribution in [0.3, 0.4) is 0 Å². The smallest absolute Gasteiger partial charge is 0.273 e. The summed E-state index contributed by atoms with van der Waals surface area (Å²) in [4.78, 5) is 25.8. The molecular formula is C25H24BrN3O6. The van der Waals surface area contributed by atoms with E-state index in [1.165, 1.54) is 27.5 Å². The first-order valence-corrected chi connectivity index (χ1v) is 11.1. The van der Waals surface area contributed by atoms with Crippen molar-refractivity contribution in [2.24, 2.45) is 5.10 Å². The Labute approximate surface area is 211 Å². The van der Waals surface area contributed by atoms with Gasteiger partial charge in [0.05, 0.1) is 45.9 Å². The van der Waals surface area contributed by atoms with Crippen molar-refractivity contribution in [3.05, 3.63) is 75.8 Å². The second kappa shape index (κ2) is 11.9. The van der Waals surface area contributed by atoms with Crippen molar-refractivity contribution < 1.29 is 28.5 Å². The normalized spacial score (nSPS) is 10.5. The summed E-state index contributed by atoms with van der Waals surface area (Å²) in [6.07, 6.45) is 1.47. The van der Waals surface area contributed by atoms with Gasteiger partial charge in [-0.15, -0.1) is 0 Å². The summed E-state index contributed by atoms with van der Waals surface area (Å²) in [7, 11) is 6.07. The van der Waals surface area contributed by atoms with Crippen molar-refractivity contribution in [1.82, 2.24) is 5.43 Å². The number of carbonyl (C=O) groups is 2. The second-order valence-electron chi connectivity index (χ2n) is 7.06. The Bertz CT molecular complexity index is 1240. The summed E-state index contributed by atoms with van der Waals surface area (Å²) in [5.74, 6) is 1.10. The largest absolute Gasteiger partial charge is 0.497 e. The van der Waals surface area contributed by atoms with Gasteiger partial charge in [0, 0.05) is 16.1 Å². The minimum atomic E-state index is -0.512. The van der Waals surface area contributed by atoms with Crippen molar-refractivity contribution in [3.63, 3.8) is 0 Å². The molecule has 10 heteroatoms. The lowest BCUT2D eigenvalue weighted by Gasteiger charge is -2.12. The van der Waals surface area contributed by atoms with Crippen molar-refractivity contribution in [2.45, 2.75) is 0 Å². The number of nitrogens with zero attached hydrogens (tertiary/aromatic N) is 1. The first-order chi connectivity index (χ1) is 16.9. The third kappa shape index (κ3) is 6.51. The van der Waals surface area contributed by atoms with Crippen molar-refractivity contribution in [1.29, 1.82) is 0 Å². The van der Waals surface area contributed by atoms with E-state index in [0.29, 0.717) is 44.3 Å². The summed E-state index contributed by atoms with van der Waals surface area (Å²) < 4.78 is 21.6. The third-order valence-electron chi connectivity index (χ3n) is 4.88. The molecule has 0 saturated carbocycles. The van der Waals surface area contributed by atoms with Crippen LogP contribution in [0, 0.1) is 0 Å². The highest BCUT2D eigenvalue weighted by Gasteiger charge is 2.16. The number of amides is 2. The third-order valence-corrected chi connectivity index (χ3v) is 5.37. The molecule has 3 rings (SSSR count). The molecule has 35 heavy (non-hydrogen) atoms. The molecule has 0 heterocycles. The van der Waals surface area contributed by atoms with E-state index < -0.39 is 11.8 Å². The lowest BCUT2D eigenvalue weighted by atomic mass is 10.1. The van der Waals surface area contributed by atoms with Crippen LogP contribution >= 0.6 is 15.9 Å². The average molecular weight is 542 g/mol. The number of ether oxygens (including phenoxy) is 4. The molecule has 182 valence electrons.